The molecule has 1 unspecified atom stereocenters. The number of carboxylic acids is 1. The van der Waals surface area contributed by atoms with Crippen LogP contribution in [-0.2, 0) is 11.3 Å². The zero-order chi connectivity index (χ0) is 15.4. The molecule has 1 aromatic carbocycles. The standard InChI is InChI=1S/C14H13ClFNO3S/c15-9-3-4-11(18)8(14(9)16)7-17-10(6-13(19)20)12-2-1-5-21-12/h1-5,10,17-18H,6-7H2,(H,19,20). The van der Waals surface area contributed by atoms with Gasteiger partial charge in [-0.1, -0.05) is 17.7 Å². The lowest BCUT2D eigenvalue weighted by Gasteiger charge is -2.16. The first-order valence-electron chi connectivity index (χ1n) is 6.13. The van der Waals surface area contributed by atoms with E-state index in [2.05, 4.69) is 5.32 Å². The van der Waals surface area contributed by atoms with Gasteiger partial charge in [0.25, 0.3) is 0 Å². The molecule has 1 heterocycles. The smallest absolute Gasteiger partial charge is 0.305 e. The van der Waals surface area contributed by atoms with Crippen molar-refractivity contribution >= 4 is 28.9 Å². The van der Waals surface area contributed by atoms with Gasteiger partial charge in [-0.3, -0.25) is 4.79 Å². The van der Waals surface area contributed by atoms with Crippen molar-refractivity contribution in [3.8, 4) is 5.75 Å². The Hall–Kier alpha value is -1.63. The Labute approximate surface area is 129 Å². The summed E-state index contributed by atoms with van der Waals surface area (Å²) in [6, 6.07) is 5.73. The lowest BCUT2D eigenvalue weighted by molar-refractivity contribution is -0.137. The number of carbonyl (C=O) groups is 1. The van der Waals surface area contributed by atoms with Crippen LogP contribution in [0.4, 0.5) is 4.39 Å². The minimum Gasteiger partial charge on any atom is -0.508 e. The number of rotatable bonds is 6. The number of halogens is 2. The molecule has 3 N–H and O–H groups in total. The molecule has 4 nitrogen and oxygen atoms in total. The Bertz CT molecular complexity index is 633. The first-order valence-corrected chi connectivity index (χ1v) is 7.39. The van der Waals surface area contributed by atoms with Gasteiger partial charge < -0.3 is 15.5 Å². The van der Waals surface area contributed by atoms with Crippen molar-refractivity contribution < 1.29 is 19.4 Å². The monoisotopic (exact) mass is 329 g/mol. The Morgan fingerprint density at radius 1 is 1.43 bits per heavy atom. The molecular weight excluding hydrogens is 317 g/mol. The average Bonchev–Trinajstić information content (AvgIpc) is 2.95. The largest absolute Gasteiger partial charge is 0.508 e. The second kappa shape index (κ2) is 6.89. The number of nitrogens with one attached hydrogen (secondary N) is 1. The summed E-state index contributed by atoms with van der Waals surface area (Å²) in [5.41, 5.74) is 0.0226. The van der Waals surface area contributed by atoms with E-state index in [1.807, 2.05) is 11.4 Å². The predicted octanol–water partition coefficient (Wildman–Crippen LogP) is 3.55. The van der Waals surface area contributed by atoms with Gasteiger partial charge in [0.05, 0.1) is 17.5 Å². The van der Waals surface area contributed by atoms with Gasteiger partial charge in [0.15, 0.2) is 0 Å². The fourth-order valence-electron chi connectivity index (χ4n) is 1.91. The van der Waals surface area contributed by atoms with Gasteiger partial charge in [-0.05, 0) is 23.6 Å². The number of aliphatic carboxylic acids is 1. The summed E-state index contributed by atoms with van der Waals surface area (Å²) in [5, 5.41) is 23.3. The second-order valence-corrected chi connectivity index (χ2v) is 5.79. The van der Waals surface area contributed by atoms with Crippen molar-refractivity contribution in [1.82, 2.24) is 5.32 Å². The quantitative estimate of drug-likeness (QED) is 0.758. The third-order valence-electron chi connectivity index (χ3n) is 2.96. The molecule has 0 saturated carbocycles. The van der Waals surface area contributed by atoms with Gasteiger partial charge in [0, 0.05) is 17.0 Å². The number of thiophene rings is 1. The number of phenols is 1. The Kier molecular flexibility index (Phi) is 5.17. The van der Waals surface area contributed by atoms with Crippen LogP contribution in [0.3, 0.4) is 0 Å². The molecule has 0 saturated heterocycles. The molecular formula is C14H13ClFNO3S. The summed E-state index contributed by atoms with van der Waals surface area (Å²) in [7, 11) is 0. The first kappa shape index (κ1) is 15.8. The Morgan fingerprint density at radius 2 is 2.19 bits per heavy atom. The van der Waals surface area contributed by atoms with Crippen LogP contribution in [-0.4, -0.2) is 16.2 Å². The number of hydrogen-bond acceptors (Lipinski definition) is 4. The zero-order valence-corrected chi connectivity index (χ0v) is 12.4. The van der Waals surface area contributed by atoms with Crippen molar-refractivity contribution in [3.63, 3.8) is 0 Å². The van der Waals surface area contributed by atoms with Gasteiger partial charge in [-0.2, -0.15) is 0 Å². The number of phenolic OH excluding ortho intramolecular Hbond substituents is 1. The second-order valence-electron chi connectivity index (χ2n) is 4.41. The molecule has 0 aliphatic heterocycles. The minimum atomic E-state index is -0.961. The maximum absolute atomic E-state index is 13.9. The normalized spacial score (nSPS) is 12.3. The van der Waals surface area contributed by atoms with Gasteiger partial charge in [-0.15, -0.1) is 11.3 Å². The third kappa shape index (κ3) is 3.93. The maximum Gasteiger partial charge on any atom is 0.305 e. The van der Waals surface area contributed by atoms with Crippen LogP contribution in [0.5, 0.6) is 5.75 Å². The van der Waals surface area contributed by atoms with Gasteiger partial charge in [0.2, 0.25) is 0 Å². The van der Waals surface area contributed by atoms with Crippen molar-refractivity contribution in [1.29, 1.82) is 0 Å². The molecule has 0 amide bonds. The Balaban J connectivity index is 2.16. The summed E-state index contributed by atoms with van der Waals surface area (Å²) >= 11 is 7.09. The first-order chi connectivity index (χ1) is 9.99. The van der Waals surface area contributed by atoms with E-state index in [4.69, 9.17) is 16.7 Å². The van der Waals surface area contributed by atoms with E-state index in [-0.39, 0.29) is 29.3 Å². The van der Waals surface area contributed by atoms with Gasteiger partial charge in [0.1, 0.15) is 11.6 Å². The van der Waals surface area contributed by atoms with E-state index in [0.717, 1.165) is 4.88 Å². The molecule has 7 heteroatoms. The predicted molar refractivity (Wildman–Crippen MR) is 79.2 cm³/mol. The summed E-state index contributed by atoms with van der Waals surface area (Å²) in [6.07, 6.45) is -0.135. The van der Waals surface area contributed by atoms with E-state index in [0.29, 0.717) is 0 Å². The number of carboxylic acid groups (broad SMARTS) is 1. The van der Waals surface area contributed by atoms with Crippen LogP contribution in [0.2, 0.25) is 5.02 Å². The van der Waals surface area contributed by atoms with E-state index < -0.39 is 17.8 Å². The van der Waals surface area contributed by atoms with Crippen LogP contribution < -0.4 is 5.32 Å². The fraction of sp³-hybridized carbons (Fsp3) is 0.214. The number of benzene rings is 1. The SMILES string of the molecule is O=C(O)CC(NCc1c(O)ccc(Cl)c1F)c1cccs1. The molecule has 0 bridgehead atoms. The number of hydrogen-bond donors (Lipinski definition) is 3. The van der Waals surface area contributed by atoms with Crippen molar-refractivity contribution in [2.75, 3.05) is 0 Å². The summed E-state index contributed by atoms with van der Waals surface area (Å²) < 4.78 is 13.9. The molecule has 21 heavy (non-hydrogen) atoms. The molecule has 0 aliphatic rings. The highest BCUT2D eigenvalue weighted by Gasteiger charge is 2.18. The molecule has 0 aliphatic carbocycles. The molecule has 1 aromatic heterocycles. The molecule has 2 rings (SSSR count). The lowest BCUT2D eigenvalue weighted by atomic mass is 10.1. The maximum atomic E-state index is 13.9. The van der Waals surface area contributed by atoms with E-state index >= 15 is 0 Å². The third-order valence-corrected chi connectivity index (χ3v) is 4.24. The molecule has 1 atom stereocenters. The van der Waals surface area contributed by atoms with E-state index in [1.165, 1.54) is 23.5 Å². The highest BCUT2D eigenvalue weighted by molar-refractivity contribution is 7.10. The molecule has 0 radical (unpaired) electrons. The minimum absolute atomic E-state index is 0.0198. The van der Waals surface area contributed by atoms with Crippen LogP contribution in [0.15, 0.2) is 29.6 Å². The molecule has 2 aromatic rings. The summed E-state index contributed by atoms with van der Waals surface area (Å²) in [4.78, 5) is 11.8. The zero-order valence-electron chi connectivity index (χ0n) is 10.8. The topological polar surface area (TPSA) is 69.6 Å². The van der Waals surface area contributed by atoms with Crippen LogP contribution in [0.25, 0.3) is 0 Å². The van der Waals surface area contributed by atoms with Gasteiger partial charge in [-0.25, -0.2) is 4.39 Å². The Morgan fingerprint density at radius 3 is 2.81 bits per heavy atom. The van der Waals surface area contributed by atoms with Gasteiger partial charge >= 0.3 is 5.97 Å². The average molecular weight is 330 g/mol. The highest BCUT2D eigenvalue weighted by atomic mass is 35.5. The van der Waals surface area contributed by atoms with Crippen molar-refractivity contribution in [2.24, 2.45) is 0 Å². The van der Waals surface area contributed by atoms with Crippen LogP contribution in [0, 0.1) is 5.82 Å². The van der Waals surface area contributed by atoms with E-state index in [9.17, 15) is 14.3 Å². The van der Waals surface area contributed by atoms with Crippen molar-refractivity contribution in [3.05, 3.63) is 50.9 Å². The summed E-state index contributed by atoms with van der Waals surface area (Å²) in [5.74, 6) is -1.88. The van der Waals surface area contributed by atoms with E-state index in [1.54, 1.807) is 6.07 Å². The lowest BCUT2D eigenvalue weighted by Crippen LogP contribution is -2.23. The van der Waals surface area contributed by atoms with Crippen molar-refractivity contribution in [2.45, 2.75) is 19.0 Å². The number of aromatic hydroxyl groups is 1. The molecule has 0 fully saturated rings. The molecule has 0 spiro atoms. The highest BCUT2D eigenvalue weighted by Crippen LogP contribution is 2.28. The van der Waals surface area contributed by atoms with Crippen LogP contribution >= 0.6 is 22.9 Å². The summed E-state index contributed by atoms with van der Waals surface area (Å²) in [6.45, 7) is -0.0198. The fourth-order valence-corrected chi connectivity index (χ4v) is 2.89. The van der Waals surface area contributed by atoms with Crippen LogP contribution in [0.1, 0.15) is 22.9 Å². The molecule has 112 valence electrons.